The molecule has 2 aromatic rings. The van der Waals surface area contributed by atoms with Gasteiger partial charge in [-0.3, -0.25) is 4.79 Å². The topological polar surface area (TPSA) is 54.0 Å². The first-order valence-electron chi connectivity index (χ1n) is 5.34. The first-order valence-corrected chi connectivity index (χ1v) is 5.75. The average Bonchev–Trinajstić information content (AvgIpc) is 2.41. The van der Waals surface area contributed by atoms with Crippen molar-refractivity contribution in [1.82, 2.24) is 4.98 Å². The van der Waals surface area contributed by atoms with E-state index in [1.807, 2.05) is 30.3 Å². The maximum absolute atomic E-state index is 11.8. The molecule has 0 radical (unpaired) electrons. The van der Waals surface area contributed by atoms with Crippen LogP contribution in [-0.2, 0) is 4.79 Å². The van der Waals surface area contributed by atoms with Gasteiger partial charge in [0.25, 0.3) is 5.91 Å². The summed E-state index contributed by atoms with van der Waals surface area (Å²) in [6.45, 7) is 0. The molecule has 0 aliphatic rings. The number of nitrogens with one attached hydrogen (secondary N) is 2. The van der Waals surface area contributed by atoms with Crippen molar-refractivity contribution in [3.05, 3.63) is 54.7 Å². The lowest BCUT2D eigenvalue weighted by molar-refractivity contribution is -0.110. The fourth-order valence-corrected chi connectivity index (χ4v) is 1.49. The number of benzene rings is 1. The third-order valence-electron chi connectivity index (χ3n) is 2.14. The van der Waals surface area contributed by atoms with Crippen molar-refractivity contribution in [3.63, 3.8) is 0 Å². The standard InChI is InChI=1S/C13H11N3OS/c17-12(16-11-8-4-5-9-14-11)13(18)15-10-6-2-1-3-7-10/h1-9H,(H,15,18)(H,14,16,17). The zero-order chi connectivity index (χ0) is 12.8. The van der Waals surface area contributed by atoms with Crippen LogP contribution in [0.1, 0.15) is 0 Å². The molecule has 0 atom stereocenters. The van der Waals surface area contributed by atoms with Crippen molar-refractivity contribution in [1.29, 1.82) is 0 Å². The first-order chi connectivity index (χ1) is 8.75. The maximum Gasteiger partial charge on any atom is 0.284 e. The van der Waals surface area contributed by atoms with Gasteiger partial charge in [-0.2, -0.15) is 0 Å². The summed E-state index contributed by atoms with van der Waals surface area (Å²) in [6.07, 6.45) is 1.60. The van der Waals surface area contributed by atoms with Gasteiger partial charge in [0.2, 0.25) is 0 Å². The normalized spacial score (nSPS) is 9.56. The molecule has 0 saturated heterocycles. The van der Waals surface area contributed by atoms with Gasteiger partial charge in [0.05, 0.1) is 0 Å². The Bertz CT molecular complexity index is 491. The van der Waals surface area contributed by atoms with E-state index in [2.05, 4.69) is 15.6 Å². The summed E-state index contributed by atoms with van der Waals surface area (Å²) in [7, 11) is 0. The van der Waals surface area contributed by atoms with Crippen molar-refractivity contribution >= 4 is 34.6 Å². The predicted octanol–water partition coefficient (Wildman–Crippen LogP) is 2.46. The summed E-state index contributed by atoms with van der Waals surface area (Å²) in [5, 5.41) is 5.46. The van der Waals surface area contributed by atoms with E-state index in [9.17, 15) is 4.79 Å². The third-order valence-corrected chi connectivity index (χ3v) is 2.43. The van der Waals surface area contributed by atoms with Crippen LogP contribution in [0.15, 0.2) is 54.7 Å². The fourth-order valence-electron chi connectivity index (χ4n) is 1.32. The van der Waals surface area contributed by atoms with Crippen molar-refractivity contribution in [3.8, 4) is 0 Å². The highest BCUT2D eigenvalue weighted by Gasteiger charge is 2.09. The van der Waals surface area contributed by atoms with Crippen molar-refractivity contribution in [2.45, 2.75) is 0 Å². The van der Waals surface area contributed by atoms with E-state index in [4.69, 9.17) is 12.2 Å². The molecule has 0 fully saturated rings. The predicted molar refractivity (Wildman–Crippen MR) is 75.5 cm³/mol. The number of hydrogen-bond donors (Lipinski definition) is 2. The SMILES string of the molecule is O=C(Nc1ccccn1)C(=S)Nc1ccccc1. The molecule has 0 saturated carbocycles. The molecule has 5 heteroatoms. The first kappa shape index (κ1) is 12.2. The van der Waals surface area contributed by atoms with Crippen LogP contribution in [-0.4, -0.2) is 15.9 Å². The second-order valence-corrected chi connectivity index (χ2v) is 3.90. The minimum absolute atomic E-state index is 0.104. The van der Waals surface area contributed by atoms with Gasteiger partial charge in [0, 0.05) is 11.9 Å². The van der Waals surface area contributed by atoms with E-state index in [-0.39, 0.29) is 10.9 Å². The van der Waals surface area contributed by atoms with E-state index in [1.54, 1.807) is 24.4 Å². The van der Waals surface area contributed by atoms with E-state index < -0.39 is 0 Å². The molecule has 4 nitrogen and oxygen atoms in total. The summed E-state index contributed by atoms with van der Waals surface area (Å²) < 4.78 is 0. The number of nitrogens with zero attached hydrogens (tertiary/aromatic N) is 1. The van der Waals surface area contributed by atoms with E-state index >= 15 is 0 Å². The van der Waals surface area contributed by atoms with Crippen LogP contribution in [0.25, 0.3) is 0 Å². The smallest absolute Gasteiger partial charge is 0.284 e. The van der Waals surface area contributed by atoms with Crippen LogP contribution < -0.4 is 10.6 Å². The Labute approximate surface area is 110 Å². The van der Waals surface area contributed by atoms with Gasteiger partial charge in [0.15, 0.2) is 4.99 Å². The molecule has 1 aromatic carbocycles. The Morgan fingerprint density at radius 1 is 1.00 bits per heavy atom. The second-order valence-electron chi connectivity index (χ2n) is 3.49. The summed E-state index contributed by atoms with van der Waals surface area (Å²) in [4.78, 5) is 15.9. The number of carbonyl (C=O) groups excluding carboxylic acids is 1. The van der Waals surface area contributed by atoms with Gasteiger partial charge in [-0.15, -0.1) is 0 Å². The molecule has 90 valence electrons. The van der Waals surface area contributed by atoms with Crippen molar-refractivity contribution < 1.29 is 4.79 Å². The molecule has 0 bridgehead atoms. The van der Waals surface area contributed by atoms with Crippen LogP contribution in [0, 0.1) is 0 Å². The lowest BCUT2D eigenvalue weighted by Gasteiger charge is -2.07. The lowest BCUT2D eigenvalue weighted by atomic mass is 10.3. The molecule has 1 aromatic heterocycles. The van der Waals surface area contributed by atoms with Crippen LogP contribution in [0.2, 0.25) is 0 Å². The molecule has 2 N–H and O–H groups in total. The zero-order valence-corrected chi connectivity index (χ0v) is 10.3. The molecular weight excluding hydrogens is 246 g/mol. The number of amides is 1. The van der Waals surface area contributed by atoms with E-state index in [0.29, 0.717) is 5.82 Å². The highest BCUT2D eigenvalue weighted by atomic mass is 32.1. The van der Waals surface area contributed by atoms with E-state index in [0.717, 1.165) is 5.69 Å². The summed E-state index contributed by atoms with van der Waals surface area (Å²) in [5.74, 6) is 0.0901. The zero-order valence-electron chi connectivity index (χ0n) is 9.46. The number of pyridine rings is 1. The van der Waals surface area contributed by atoms with E-state index in [1.165, 1.54) is 0 Å². The molecule has 1 heterocycles. The monoisotopic (exact) mass is 257 g/mol. The van der Waals surface area contributed by atoms with Gasteiger partial charge < -0.3 is 10.6 Å². The molecule has 1 amide bonds. The summed E-state index contributed by atoms with van der Waals surface area (Å²) >= 11 is 5.01. The summed E-state index contributed by atoms with van der Waals surface area (Å²) in [6, 6.07) is 14.5. The minimum atomic E-state index is -0.382. The third kappa shape index (κ3) is 3.36. The Hall–Kier alpha value is -2.27. The number of rotatable bonds is 2. The minimum Gasteiger partial charge on any atom is -0.342 e. The van der Waals surface area contributed by atoms with Gasteiger partial charge in [0.1, 0.15) is 5.82 Å². The van der Waals surface area contributed by atoms with Gasteiger partial charge in [-0.1, -0.05) is 36.5 Å². The average molecular weight is 257 g/mol. The number of aromatic nitrogens is 1. The quantitative estimate of drug-likeness (QED) is 0.811. The van der Waals surface area contributed by atoms with Crippen LogP contribution in [0.5, 0.6) is 0 Å². The molecule has 0 aliphatic heterocycles. The molecule has 0 unspecified atom stereocenters. The van der Waals surface area contributed by atoms with Crippen LogP contribution >= 0.6 is 12.2 Å². The Morgan fingerprint density at radius 2 is 1.72 bits per heavy atom. The molecule has 2 rings (SSSR count). The number of para-hydroxylation sites is 1. The molecule has 0 spiro atoms. The van der Waals surface area contributed by atoms with Gasteiger partial charge in [-0.05, 0) is 24.3 Å². The van der Waals surface area contributed by atoms with Crippen LogP contribution in [0.4, 0.5) is 11.5 Å². The highest BCUT2D eigenvalue weighted by Crippen LogP contribution is 2.06. The largest absolute Gasteiger partial charge is 0.342 e. The Balaban J connectivity index is 1.96. The van der Waals surface area contributed by atoms with Crippen LogP contribution in [0.3, 0.4) is 0 Å². The molecule has 18 heavy (non-hydrogen) atoms. The summed E-state index contributed by atoms with van der Waals surface area (Å²) in [5.41, 5.74) is 0.777. The second kappa shape index (κ2) is 5.88. The molecule has 0 aliphatic carbocycles. The lowest BCUT2D eigenvalue weighted by Crippen LogP contribution is -2.27. The van der Waals surface area contributed by atoms with Gasteiger partial charge >= 0.3 is 0 Å². The van der Waals surface area contributed by atoms with Crippen molar-refractivity contribution in [2.75, 3.05) is 10.6 Å². The fraction of sp³-hybridized carbons (Fsp3) is 0. The number of carbonyl (C=O) groups is 1. The maximum atomic E-state index is 11.8. The Morgan fingerprint density at radius 3 is 2.39 bits per heavy atom. The number of hydrogen-bond acceptors (Lipinski definition) is 3. The number of anilines is 2. The van der Waals surface area contributed by atoms with Crippen molar-refractivity contribution in [2.24, 2.45) is 0 Å². The number of thiocarbonyl (C=S) groups is 1. The highest BCUT2D eigenvalue weighted by molar-refractivity contribution is 7.82. The van der Waals surface area contributed by atoms with Gasteiger partial charge in [-0.25, -0.2) is 4.98 Å². The Kier molecular flexibility index (Phi) is 3.98. The molecular formula is C13H11N3OS.